The van der Waals surface area contributed by atoms with Crippen LogP contribution in [0.3, 0.4) is 0 Å². The lowest BCUT2D eigenvalue weighted by Crippen LogP contribution is -2.70. The smallest absolute Gasteiger partial charge is 0.408 e. The van der Waals surface area contributed by atoms with Gasteiger partial charge in [0.2, 0.25) is 5.91 Å². The predicted octanol–water partition coefficient (Wildman–Crippen LogP) is 1.84. The molecule has 6 rings (SSSR count). The molecule has 5 aliphatic carbocycles. The number of nitrogens with zero attached hydrogens (tertiary/aromatic N) is 2. The maximum Gasteiger partial charge on any atom is 0.408 e. The molecule has 0 aromatic heterocycles. The largest absolute Gasteiger partial charge is 0.444 e. The van der Waals surface area contributed by atoms with E-state index in [2.05, 4.69) is 11.4 Å². The number of aliphatic hydroxyl groups is 2. The number of alkyl carbamates (subject to hydrolysis) is 1. The van der Waals surface area contributed by atoms with Crippen molar-refractivity contribution in [2.45, 2.75) is 107 Å². The highest BCUT2D eigenvalue weighted by Gasteiger charge is 2.67. The van der Waals surface area contributed by atoms with Crippen molar-refractivity contribution >= 4 is 12.0 Å². The Morgan fingerprint density at radius 1 is 1.13 bits per heavy atom. The van der Waals surface area contributed by atoms with Gasteiger partial charge in [0.15, 0.2) is 0 Å². The summed E-state index contributed by atoms with van der Waals surface area (Å²) in [5, 5.41) is 34.9. The molecule has 2 amide bonds. The molecule has 8 atom stereocenters. The highest BCUT2D eigenvalue weighted by Crippen LogP contribution is 2.64. The molecule has 3 N–H and O–H groups in total. The second kappa shape index (κ2) is 6.35. The van der Waals surface area contributed by atoms with Gasteiger partial charge in [-0.05, 0) is 77.6 Å². The molecule has 2 unspecified atom stereocenters. The van der Waals surface area contributed by atoms with Crippen LogP contribution < -0.4 is 5.32 Å². The summed E-state index contributed by atoms with van der Waals surface area (Å²) in [5.74, 6) is 0.207. The number of carbonyl (C=O) groups is 2. The fourth-order valence-corrected chi connectivity index (χ4v) is 7.67. The number of ether oxygens (including phenoxy) is 1. The van der Waals surface area contributed by atoms with E-state index in [1.54, 1.807) is 25.7 Å². The number of amides is 2. The van der Waals surface area contributed by atoms with Crippen LogP contribution in [0.1, 0.15) is 72.1 Å². The van der Waals surface area contributed by atoms with Crippen molar-refractivity contribution < 1.29 is 24.5 Å². The van der Waals surface area contributed by atoms with Crippen LogP contribution in [0, 0.1) is 28.6 Å². The maximum atomic E-state index is 13.9. The highest BCUT2D eigenvalue weighted by atomic mass is 16.6. The summed E-state index contributed by atoms with van der Waals surface area (Å²) in [4.78, 5) is 28.4. The van der Waals surface area contributed by atoms with Crippen LogP contribution in [0.15, 0.2) is 0 Å². The van der Waals surface area contributed by atoms with E-state index in [4.69, 9.17) is 4.74 Å². The second-order valence-corrected chi connectivity index (χ2v) is 12.1. The Bertz CT molecular complexity index is 842. The monoisotopic (exact) mass is 431 g/mol. The summed E-state index contributed by atoms with van der Waals surface area (Å²) in [6.07, 6.45) is 3.86. The van der Waals surface area contributed by atoms with Crippen LogP contribution in [0.2, 0.25) is 0 Å². The van der Waals surface area contributed by atoms with E-state index in [1.807, 2.05) is 0 Å². The summed E-state index contributed by atoms with van der Waals surface area (Å²) in [6.45, 7) is 5.29. The standard InChI is InChI=1S/C23H33N3O5/c1-20(2,3)31-19(28)25-17(18(27)26-15(9-24)4-14-5-16(14)26)21-6-13-7-22(29,10-21)12-23(30,8-13)11-21/h13-17,29-30H,4-8,10-12H2,1-3H3,(H,25,28)/t13?,14-,15+,16+,17-,21?,22-,23+/m1/s1. The topological polar surface area (TPSA) is 123 Å². The molecule has 6 fully saturated rings. The van der Waals surface area contributed by atoms with Crippen LogP contribution >= 0.6 is 0 Å². The van der Waals surface area contributed by atoms with E-state index >= 15 is 0 Å². The highest BCUT2D eigenvalue weighted by molar-refractivity contribution is 5.88. The summed E-state index contributed by atoms with van der Waals surface area (Å²) in [7, 11) is 0. The molecule has 0 aromatic rings. The molecule has 0 radical (unpaired) electrons. The molecule has 1 heterocycles. The van der Waals surface area contributed by atoms with E-state index < -0.39 is 40.4 Å². The predicted molar refractivity (Wildman–Crippen MR) is 109 cm³/mol. The van der Waals surface area contributed by atoms with Crippen molar-refractivity contribution in [3.8, 4) is 6.07 Å². The van der Waals surface area contributed by atoms with Crippen LogP contribution in [-0.4, -0.2) is 62.0 Å². The summed E-state index contributed by atoms with van der Waals surface area (Å²) < 4.78 is 5.47. The Hall–Kier alpha value is -1.85. The molecule has 0 spiro atoms. The first-order valence-electron chi connectivity index (χ1n) is 11.5. The molecule has 1 saturated heterocycles. The molecular formula is C23H33N3O5. The number of nitrogens with one attached hydrogen (secondary N) is 1. The van der Waals surface area contributed by atoms with Gasteiger partial charge in [0, 0.05) is 17.9 Å². The number of nitriles is 1. The molecule has 31 heavy (non-hydrogen) atoms. The zero-order chi connectivity index (χ0) is 22.4. The summed E-state index contributed by atoms with van der Waals surface area (Å²) in [6, 6.07) is 0.891. The van der Waals surface area contributed by atoms with Gasteiger partial charge in [0.1, 0.15) is 17.7 Å². The quantitative estimate of drug-likeness (QED) is 0.627. The van der Waals surface area contributed by atoms with E-state index in [9.17, 15) is 25.1 Å². The molecule has 0 aromatic carbocycles. The number of likely N-dealkylation sites (tertiary alicyclic amines) is 1. The third kappa shape index (κ3) is 3.50. The maximum absolute atomic E-state index is 13.9. The average Bonchev–Trinajstić information content (AvgIpc) is 3.24. The van der Waals surface area contributed by atoms with Crippen molar-refractivity contribution in [2.75, 3.05) is 0 Å². The van der Waals surface area contributed by atoms with Crippen molar-refractivity contribution in [2.24, 2.45) is 17.3 Å². The average molecular weight is 432 g/mol. The van der Waals surface area contributed by atoms with Gasteiger partial charge in [-0.15, -0.1) is 0 Å². The Morgan fingerprint density at radius 3 is 2.32 bits per heavy atom. The van der Waals surface area contributed by atoms with Crippen LogP contribution in [0.4, 0.5) is 4.79 Å². The van der Waals surface area contributed by atoms with Gasteiger partial charge >= 0.3 is 6.09 Å². The van der Waals surface area contributed by atoms with Crippen LogP contribution in [0.25, 0.3) is 0 Å². The van der Waals surface area contributed by atoms with E-state index in [-0.39, 0.29) is 17.9 Å². The molecular weight excluding hydrogens is 398 g/mol. The van der Waals surface area contributed by atoms with Crippen molar-refractivity contribution in [3.63, 3.8) is 0 Å². The van der Waals surface area contributed by atoms with Gasteiger partial charge in [-0.2, -0.15) is 5.26 Å². The molecule has 8 heteroatoms. The van der Waals surface area contributed by atoms with E-state index in [0.717, 1.165) is 6.42 Å². The van der Waals surface area contributed by atoms with E-state index in [0.29, 0.717) is 50.9 Å². The number of hydrogen-bond donors (Lipinski definition) is 3. The Labute approximate surface area is 182 Å². The van der Waals surface area contributed by atoms with Crippen molar-refractivity contribution in [3.05, 3.63) is 0 Å². The van der Waals surface area contributed by atoms with Crippen LogP contribution in [0.5, 0.6) is 0 Å². The normalized spacial score (nSPS) is 45.6. The zero-order valence-electron chi connectivity index (χ0n) is 18.6. The van der Waals surface area contributed by atoms with Crippen LogP contribution in [-0.2, 0) is 9.53 Å². The minimum absolute atomic E-state index is 0.0557. The SMILES string of the molecule is CC(C)(C)OC(=O)N[C@H](C(=O)N1[C@H](C#N)C[C@@H]2C[C@@H]21)C12CC3C[C@@](O)(C1)C[C@](O)(C3)C2. The number of fused-ring (bicyclic) bond motifs is 1. The molecule has 170 valence electrons. The van der Waals surface area contributed by atoms with E-state index in [1.165, 1.54) is 0 Å². The van der Waals surface area contributed by atoms with Gasteiger partial charge in [0.05, 0.1) is 17.3 Å². The molecule has 1 aliphatic heterocycles. The summed E-state index contributed by atoms with van der Waals surface area (Å²) in [5.41, 5.74) is -3.52. The third-order valence-electron chi connectivity index (χ3n) is 8.08. The second-order valence-electron chi connectivity index (χ2n) is 12.1. The molecule has 4 bridgehead atoms. The molecule has 5 saturated carbocycles. The Balaban J connectivity index is 1.49. The Morgan fingerprint density at radius 2 is 1.77 bits per heavy atom. The zero-order valence-corrected chi connectivity index (χ0v) is 18.6. The number of rotatable bonds is 3. The van der Waals surface area contributed by atoms with Gasteiger partial charge < -0.3 is 25.2 Å². The number of piperidine rings is 1. The first kappa shape index (κ1) is 21.0. The fraction of sp³-hybridized carbons (Fsp3) is 0.870. The van der Waals surface area contributed by atoms with Crippen molar-refractivity contribution in [1.82, 2.24) is 10.2 Å². The minimum Gasteiger partial charge on any atom is -0.444 e. The number of carbonyl (C=O) groups excluding carboxylic acids is 2. The van der Waals surface area contributed by atoms with Gasteiger partial charge in [-0.1, -0.05) is 0 Å². The van der Waals surface area contributed by atoms with Gasteiger partial charge in [-0.3, -0.25) is 4.79 Å². The third-order valence-corrected chi connectivity index (χ3v) is 8.08. The lowest BCUT2D eigenvalue weighted by molar-refractivity contribution is -0.236. The fourth-order valence-electron chi connectivity index (χ4n) is 7.67. The molecule has 6 aliphatic rings. The first-order chi connectivity index (χ1) is 14.3. The number of hydrogen-bond acceptors (Lipinski definition) is 6. The first-order valence-corrected chi connectivity index (χ1v) is 11.5. The lowest BCUT2D eigenvalue weighted by Gasteiger charge is -2.64. The Kier molecular flexibility index (Phi) is 4.31. The lowest BCUT2D eigenvalue weighted by atomic mass is 9.44. The molecule has 8 nitrogen and oxygen atoms in total. The van der Waals surface area contributed by atoms with Gasteiger partial charge in [0.25, 0.3) is 0 Å². The van der Waals surface area contributed by atoms with Gasteiger partial charge in [-0.25, -0.2) is 4.79 Å². The minimum atomic E-state index is -1.02. The van der Waals surface area contributed by atoms with Crippen molar-refractivity contribution in [1.29, 1.82) is 5.26 Å². The summed E-state index contributed by atoms with van der Waals surface area (Å²) >= 11 is 0.